The van der Waals surface area contributed by atoms with Crippen LogP contribution in [-0.4, -0.2) is 12.6 Å². The zero-order valence-corrected chi connectivity index (χ0v) is 11.8. The molecule has 1 aromatic carbocycles. The van der Waals surface area contributed by atoms with Gasteiger partial charge in [0, 0.05) is 10.6 Å². The Labute approximate surface area is 110 Å². The standard InChI is InChI=1S/C13H20ClN.ClH/c1-4-13(5-2,15-3)10-11-6-8-12(14)9-7-11;/h6-9,15H,4-5,10H2,1-3H3;1H. The zero-order valence-electron chi connectivity index (χ0n) is 10.2. The molecule has 3 heteroatoms. The molecule has 0 aliphatic heterocycles. The van der Waals surface area contributed by atoms with E-state index in [1.807, 2.05) is 19.2 Å². The Balaban J connectivity index is 0.00000225. The number of likely N-dealkylation sites (N-methyl/N-ethyl adjacent to an activating group) is 1. The minimum Gasteiger partial charge on any atom is -0.314 e. The molecule has 1 aromatic rings. The smallest absolute Gasteiger partial charge is 0.0406 e. The van der Waals surface area contributed by atoms with Crippen LogP contribution in [0.15, 0.2) is 24.3 Å². The van der Waals surface area contributed by atoms with Crippen LogP contribution in [0.4, 0.5) is 0 Å². The van der Waals surface area contributed by atoms with Crippen LogP contribution in [0, 0.1) is 0 Å². The van der Waals surface area contributed by atoms with E-state index < -0.39 is 0 Å². The van der Waals surface area contributed by atoms with Crippen molar-refractivity contribution in [2.24, 2.45) is 0 Å². The topological polar surface area (TPSA) is 12.0 Å². The van der Waals surface area contributed by atoms with Crippen molar-refractivity contribution < 1.29 is 0 Å². The molecule has 0 amide bonds. The maximum atomic E-state index is 5.87. The maximum absolute atomic E-state index is 5.87. The highest BCUT2D eigenvalue weighted by Gasteiger charge is 2.23. The van der Waals surface area contributed by atoms with Crippen molar-refractivity contribution in [2.75, 3.05) is 7.05 Å². The van der Waals surface area contributed by atoms with Crippen molar-refractivity contribution in [1.29, 1.82) is 0 Å². The number of rotatable bonds is 5. The molecule has 0 aromatic heterocycles. The maximum Gasteiger partial charge on any atom is 0.0406 e. The van der Waals surface area contributed by atoms with Crippen LogP contribution in [0.2, 0.25) is 5.02 Å². The van der Waals surface area contributed by atoms with Gasteiger partial charge in [0.2, 0.25) is 0 Å². The van der Waals surface area contributed by atoms with E-state index in [0.717, 1.165) is 24.3 Å². The molecule has 0 spiro atoms. The van der Waals surface area contributed by atoms with Gasteiger partial charge in [0.05, 0.1) is 0 Å². The van der Waals surface area contributed by atoms with Gasteiger partial charge in [0.25, 0.3) is 0 Å². The van der Waals surface area contributed by atoms with Gasteiger partial charge >= 0.3 is 0 Å². The zero-order chi connectivity index (χ0) is 11.3. The summed E-state index contributed by atoms with van der Waals surface area (Å²) in [4.78, 5) is 0. The number of hydrogen-bond acceptors (Lipinski definition) is 1. The van der Waals surface area contributed by atoms with E-state index in [1.54, 1.807) is 0 Å². The van der Waals surface area contributed by atoms with E-state index in [1.165, 1.54) is 5.56 Å². The van der Waals surface area contributed by atoms with Crippen LogP contribution in [-0.2, 0) is 6.42 Å². The van der Waals surface area contributed by atoms with Gasteiger partial charge in [-0.1, -0.05) is 37.6 Å². The molecule has 0 aliphatic rings. The van der Waals surface area contributed by atoms with Gasteiger partial charge in [-0.3, -0.25) is 0 Å². The highest BCUT2D eigenvalue weighted by molar-refractivity contribution is 6.30. The number of hydrogen-bond donors (Lipinski definition) is 1. The molecule has 1 nitrogen and oxygen atoms in total. The molecule has 0 aliphatic carbocycles. The molecular weight excluding hydrogens is 241 g/mol. The van der Waals surface area contributed by atoms with Crippen LogP contribution in [0.25, 0.3) is 0 Å². The monoisotopic (exact) mass is 261 g/mol. The quantitative estimate of drug-likeness (QED) is 0.843. The first-order chi connectivity index (χ1) is 7.15. The SMILES string of the molecule is CCC(CC)(Cc1ccc(Cl)cc1)NC.Cl. The summed E-state index contributed by atoms with van der Waals surface area (Å²) in [5.74, 6) is 0. The minimum atomic E-state index is 0. The average Bonchev–Trinajstić information content (AvgIpc) is 2.29. The lowest BCUT2D eigenvalue weighted by molar-refractivity contribution is 0.322. The van der Waals surface area contributed by atoms with E-state index in [-0.39, 0.29) is 17.9 Å². The van der Waals surface area contributed by atoms with Gasteiger partial charge in [-0.2, -0.15) is 0 Å². The van der Waals surface area contributed by atoms with Crippen LogP contribution < -0.4 is 5.32 Å². The van der Waals surface area contributed by atoms with Gasteiger partial charge in [-0.15, -0.1) is 12.4 Å². The Morgan fingerprint density at radius 2 is 1.62 bits per heavy atom. The summed E-state index contributed by atoms with van der Waals surface area (Å²) in [6, 6.07) is 8.14. The summed E-state index contributed by atoms with van der Waals surface area (Å²) in [7, 11) is 2.04. The van der Waals surface area contributed by atoms with E-state index in [2.05, 4.69) is 31.3 Å². The van der Waals surface area contributed by atoms with Crippen LogP contribution >= 0.6 is 24.0 Å². The summed E-state index contributed by atoms with van der Waals surface area (Å²) in [6.45, 7) is 4.46. The van der Waals surface area contributed by atoms with Crippen molar-refractivity contribution in [3.05, 3.63) is 34.9 Å². The van der Waals surface area contributed by atoms with Crippen LogP contribution in [0.1, 0.15) is 32.3 Å². The van der Waals surface area contributed by atoms with E-state index in [0.29, 0.717) is 0 Å². The summed E-state index contributed by atoms with van der Waals surface area (Å²) in [5.41, 5.74) is 1.57. The van der Waals surface area contributed by atoms with Gasteiger partial charge in [-0.25, -0.2) is 0 Å². The van der Waals surface area contributed by atoms with Crippen LogP contribution in [0.3, 0.4) is 0 Å². The summed E-state index contributed by atoms with van der Waals surface area (Å²) in [5, 5.41) is 4.25. The Morgan fingerprint density at radius 1 is 1.12 bits per heavy atom. The highest BCUT2D eigenvalue weighted by Crippen LogP contribution is 2.21. The van der Waals surface area contributed by atoms with Crippen molar-refractivity contribution in [2.45, 2.75) is 38.6 Å². The number of halogens is 2. The molecule has 0 atom stereocenters. The first-order valence-corrected chi connectivity index (χ1v) is 5.97. The molecule has 92 valence electrons. The molecule has 0 heterocycles. The second kappa shape index (κ2) is 7.16. The molecule has 1 rings (SSSR count). The lowest BCUT2D eigenvalue weighted by atomic mass is 9.86. The van der Waals surface area contributed by atoms with Gasteiger partial charge < -0.3 is 5.32 Å². The summed E-state index contributed by atoms with van der Waals surface area (Å²) < 4.78 is 0. The molecule has 0 fully saturated rings. The van der Waals surface area contributed by atoms with E-state index in [9.17, 15) is 0 Å². The highest BCUT2D eigenvalue weighted by atomic mass is 35.5. The summed E-state index contributed by atoms with van der Waals surface area (Å²) >= 11 is 5.87. The van der Waals surface area contributed by atoms with Crippen LogP contribution in [0.5, 0.6) is 0 Å². The van der Waals surface area contributed by atoms with E-state index in [4.69, 9.17) is 11.6 Å². The predicted molar refractivity (Wildman–Crippen MR) is 74.8 cm³/mol. The fourth-order valence-corrected chi connectivity index (χ4v) is 2.06. The lowest BCUT2D eigenvalue weighted by Crippen LogP contribution is -2.43. The first kappa shape index (κ1) is 15.8. The Bertz CT molecular complexity index is 283. The molecule has 0 bridgehead atoms. The third-order valence-corrected chi connectivity index (χ3v) is 3.59. The molecule has 0 saturated carbocycles. The first-order valence-electron chi connectivity index (χ1n) is 5.59. The predicted octanol–water partition coefficient (Wildman–Crippen LogP) is 4.08. The Kier molecular flexibility index (Phi) is 7.05. The largest absolute Gasteiger partial charge is 0.314 e. The molecule has 1 N–H and O–H groups in total. The molecule has 0 unspecified atom stereocenters. The van der Waals surface area contributed by atoms with Crippen molar-refractivity contribution in [3.63, 3.8) is 0 Å². The van der Waals surface area contributed by atoms with Crippen molar-refractivity contribution in [3.8, 4) is 0 Å². The number of benzene rings is 1. The van der Waals surface area contributed by atoms with Gasteiger partial charge in [0.1, 0.15) is 0 Å². The normalized spacial score (nSPS) is 11.0. The third-order valence-electron chi connectivity index (χ3n) is 3.34. The molecule has 0 saturated heterocycles. The fourth-order valence-electron chi connectivity index (χ4n) is 1.93. The molecule has 16 heavy (non-hydrogen) atoms. The average molecular weight is 262 g/mol. The summed E-state index contributed by atoms with van der Waals surface area (Å²) in [6.07, 6.45) is 3.35. The lowest BCUT2D eigenvalue weighted by Gasteiger charge is -2.31. The Hall–Kier alpha value is -0.240. The minimum absolute atomic E-state index is 0. The van der Waals surface area contributed by atoms with Crippen molar-refractivity contribution in [1.82, 2.24) is 5.32 Å². The van der Waals surface area contributed by atoms with E-state index >= 15 is 0 Å². The molecule has 0 radical (unpaired) electrons. The van der Waals surface area contributed by atoms with Crippen molar-refractivity contribution >= 4 is 24.0 Å². The third kappa shape index (κ3) is 3.97. The van der Waals surface area contributed by atoms with Gasteiger partial charge in [0.15, 0.2) is 0 Å². The Morgan fingerprint density at radius 3 is 2.00 bits per heavy atom. The molecular formula is C13H21Cl2N. The number of nitrogens with one attached hydrogen (secondary N) is 1. The second-order valence-electron chi connectivity index (χ2n) is 4.04. The fraction of sp³-hybridized carbons (Fsp3) is 0.538. The second-order valence-corrected chi connectivity index (χ2v) is 4.48. The van der Waals surface area contributed by atoms with Gasteiger partial charge in [-0.05, 0) is 44.0 Å².